The Morgan fingerprint density at radius 1 is 0.174 bits per heavy atom. The number of hydrogen-bond donors (Lipinski definition) is 0. The molecule has 8 nitrogen and oxygen atoms in total. The van der Waals surface area contributed by atoms with E-state index in [1.165, 1.54) is 200 Å². The number of hydrogen-bond acceptors (Lipinski definition) is 4. The molecule has 4 heterocycles. The molecular weight excluding hydrogens is 1670 g/mol. The Morgan fingerprint density at radius 2 is 0.413 bits per heavy atom. The van der Waals surface area contributed by atoms with Gasteiger partial charge in [0.25, 0.3) is 0 Å². The molecule has 0 unspecified atom stereocenters. The minimum Gasteiger partial charge on any atom is -0.241 e. The number of rotatable bonds is 10. The Balaban J connectivity index is 0.0000000982. The van der Waals surface area contributed by atoms with E-state index in [2.05, 4.69) is 486 Å². The average molecular weight is 1770 g/mol. The van der Waals surface area contributed by atoms with Crippen molar-refractivity contribution in [1.29, 1.82) is 0 Å². The van der Waals surface area contributed by atoms with Crippen molar-refractivity contribution in [3.05, 3.63) is 596 Å². The molecule has 4 aromatic heterocycles. The minimum absolute atomic E-state index is 0.262. The normalized spacial score (nSPS) is 13.7. The van der Waals surface area contributed by atoms with Crippen molar-refractivity contribution in [3.8, 4) is 112 Å². The van der Waals surface area contributed by atoms with Crippen molar-refractivity contribution >= 4 is 0 Å². The second-order valence-electron chi connectivity index (χ2n) is 37.4. The number of aryl methyl sites for hydroxylation is 6. The highest BCUT2D eigenvalue weighted by molar-refractivity contribution is 5.98. The first-order chi connectivity index (χ1) is 67.9. The summed E-state index contributed by atoms with van der Waals surface area (Å²) in [6.07, 6.45) is 11.4. The van der Waals surface area contributed by atoms with E-state index in [0.29, 0.717) is 0 Å². The van der Waals surface area contributed by atoms with Gasteiger partial charge in [-0.3, -0.25) is 0 Å². The predicted octanol–water partition coefficient (Wildman–Crippen LogP) is 30.1. The van der Waals surface area contributed by atoms with Gasteiger partial charge in [0.1, 0.15) is 0 Å². The zero-order valence-electron chi connectivity index (χ0n) is 77.6. The van der Waals surface area contributed by atoms with Crippen molar-refractivity contribution in [2.24, 2.45) is 0 Å². The molecule has 0 saturated heterocycles. The van der Waals surface area contributed by atoms with E-state index in [4.69, 9.17) is 10.2 Å². The Labute approximate surface area is 805 Å². The third kappa shape index (κ3) is 12.4. The van der Waals surface area contributed by atoms with Crippen LogP contribution in [0.15, 0.2) is 474 Å². The fourth-order valence-electron chi connectivity index (χ4n) is 25.0. The molecule has 8 heteroatoms. The lowest BCUT2D eigenvalue weighted by Gasteiger charge is -2.34. The van der Waals surface area contributed by atoms with Gasteiger partial charge in [0.2, 0.25) is 0 Å². The van der Waals surface area contributed by atoms with Gasteiger partial charge in [0.15, 0.2) is 0 Å². The SMILES string of the molecule is Cc1cc(C)c(-c2ccnn2-c2ccc(C3(c4ccccc4)c4ccccc4-c4ccccc43)cc2)c(C)c1.Cc1cc(C)c(-c2ccnn2-c2ccc3c(c2)-c2ccccc2C32c3ccccc3-c3ccccc32)c(C)c1.c1ccc(C2(c3ccc(-n4cccn4)cc3)c3ccccc3-c3ccccc32)cc1.c1ccc2c(c1)-c1ccccc1C21c2ccccc2-c2cc(-n3cccn3)ccc21. The van der Waals surface area contributed by atoms with Crippen molar-refractivity contribution in [1.82, 2.24) is 39.1 Å². The van der Waals surface area contributed by atoms with Crippen LogP contribution in [0.3, 0.4) is 0 Å². The van der Waals surface area contributed by atoms with Crippen LogP contribution in [-0.4, -0.2) is 39.1 Å². The lowest BCUT2D eigenvalue weighted by Crippen LogP contribution is -2.28. The molecule has 138 heavy (non-hydrogen) atoms. The van der Waals surface area contributed by atoms with E-state index in [0.717, 1.165) is 34.1 Å². The van der Waals surface area contributed by atoms with Crippen LogP contribution in [0.5, 0.6) is 0 Å². The molecule has 22 aromatic rings. The Bertz CT molecular complexity index is 8110. The molecule has 0 amide bonds. The van der Waals surface area contributed by atoms with Crippen LogP contribution < -0.4 is 0 Å². The second-order valence-corrected chi connectivity index (χ2v) is 37.4. The predicted molar refractivity (Wildman–Crippen MR) is 561 cm³/mol. The summed E-state index contributed by atoms with van der Waals surface area (Å²) >= 11 is 0. The van der Waals surface area contributed by atoms with E-state index in [1.54, 1.807) is 0 Å². The maximum absolute atomic E-state index is 4.83. The van der Waals surface area contributed by atoms with Crippen LogP contribution >= 0.6 is 0 Å². The van der Waals surface area contributed by atoms with Crippen LogP contribution in [0.1, 0.15) is 122 Å². The minimum atomic E-state index is -0.385. The second kappa shape index (κ2) is 32.9. The highest BCUT2D eigenvalue weighted by Crippen LogP contribution is 2.66. The van der Waals surface area contributed by atoms with E-state index in [9.17, 15) is 0 Å². The zero-order valence-corrected chi connectivity index (χ0v) is 77.6. The Kier molecular flexibility index (Phi) is 19.7. The van der Waals surface area contributed by atoms with Crippen LogP contribution in [0.2, 0.25) is 0 Å². The Morgan fingerprint density at radius 3 is 0.725 bits per heavy atom. The zero-order chi connectivity index (χ0) is 92.5. The maximum atomic E-state index is 4.83. The first-order valence-electron chi connectivity index (χ1n) is 47.8. The van der Waals surface area contributed by atoms with E-state index >= 15 is 0 Å². The van der Waals surface area contributed by atoms with Crippen LogP contribution in [0.4, 0.5) is 0 Å². The number of fused-ring (bicyclic) bond motifs is 26. The van der Waals surface area contributed by atoms with Gasteiger partial charge in [-0.2, -0.15) is 20.4 Å². The summed E-state index contributed by atoms with van der Waals surface area (Å²) in [4.78, 5) is 0. The van der Waals surface area contributed by atoms with Gasteiger partial charge in [0.05, 0.1) is 68.2 Å². The lowest BCUT2D eigenvalue weighted by molar-refractivity contribution is 0.766. The summed E-state index contributed by atoms with van der Waals surface area (Å²) in [6.45, 7) is 13.1. The largest absolute Gasteiger partial charge is 0.241 e. The van der Waals surface area contributed by atoms with Crippen LogP contribution in [0, 0.1) is 41.5 Å². The molecule has 6 aliphatic rings. The highest BCUT2D eigenvalue weighted by Gasteiger charge is 2.54. The van der Waals surface area contributed by atoms with Gasteiger partial charge in [-0.25, -0.2) is 18.7 Å². The summed E-state index contributed by atoms with van der Waals surface area (Å²) in [7, 11) is 0. The van der Waals surface area contributed by atoms with Gasteiger partial charge in [-0.15, -0.1) is 0 Å². The first kappa shape index (κ1) is 82.7. The molecule has 0 radical (unpaired) electrons. The third-order valence-electron chi connectivity index (χ3n) is 30.1. The van der Waals surface area contributed by atoms with Crippen LogP contribution in [-0.2, 0) is 21.7 Å². The lowest BCUT2D eigenvalue weighted by atomic mass is 9.68. The Hall–Kier alpha value is -17.2. The molecule has 656 valence electrons. The summed E-state index contributed by atoms with van der Waals surface area (Å²) in [5.41, 5.74) is 52.6. The van der Waals surface area contributed by atoms with Crippen molar-refractivity contribution in [2.45, 2.75) is 63.2 Å². The van der Waals surface area contributed by atoms with Crippen molar-refractivity contribution in [3.63, 3.8) is 0 Å². The summed E-state index contributed by atoms with van der Waals surface area (Å²) in [6, 6.07) is 160. The van der Waals surface area contributed by atoms with E-state index in [-0.39, 0.29) is 21.7 Å². The molecule has 0 bridgehead atoms. The van der Waals surface area contributed by atoms with Crippen molar-refractivity contribution in [2.75, 3.05) is 0 Å². The van der Waals surface area contributed by atoms with Gasteiger partial charge in [-0.05, 0) is 292 Å². The smallest absolute Gasteiger partial charge is 0.0746 e. The molecule has 18 aromatic carbocycles. The van der Waals surface area contributed by atoms with Gasteiger partial charge in [-0.1, -0.05) is 375 Å². The molecule has 2 spiro atoms. The van der Waals surface area contributed by atoms with Gasteiger partial charge < -0.3 is 0 Å². The van der Waals surface area contributed by atoms with Gasteiger partial charge >= 0.3 is 0 Å². The molecule has 0 atom stereocenters. The van der Waals surface area contributed by atoms with Crippen molar-refractivity contribution < 1.29 is 0 Å². The summed E-state index contributed by atoms with van der Waals surface area (Å²) in [5, 5.41) is 18.4. The molecule has 28 rings (SSSR count). The molecule has 6 aliphatic carbocycles. The standard InChI is InChI=1S/C37H28N2.C37H30N2.C28H18N2.C28H20N2/c1-23-20-24(2)36(25(3)21-23)35-18-19-38-39(35)26-16-17-34-30(22-26)29-12-6-9-15-33(29)37(34)31-13-7-4-10-27(31)28-11-5-8-14-32(28)37;1-25-23-26(2)36(27(3)24-25)35-21-22-38-39(35)30-19-17-29(18-20-30)37(28-11-5-4-6-12-28)33-15-9-7-13-31(33)32-14-8-10-16-34(32)37;1-4-11-24-20(8-1)21-9-2-5-12-25(21)28(24)26-13-6-3-10-22(26)23-18-19(14-15-27(23)28)30-17-7-16-29-30;1-2-9-21(10-3-1)28(22-15-17-23(18-16-22)30-20-8-19-29-30)26-13-6-4-11-24(26)25-12-5-7-14-27(25)28/h4-22H,1-3H3;4-24H,1-3H3;1-18H;1-20H. The third-order valence-corrected chi connectivity index (χ3v) is 30.1. The fraction of sp³-hybridized carbons (Fsp3) is 0.0769. The molecule has 0 saturated carbocycles. The maximum Gasteiger partial charge on any atom is 0.0746 e. The number of benzene rings is 18. The van der Waals surface area contributed by atoms with E-state index < -0.39 is 0 Å². The molecule has 0 N–H and O–H groups in total. The quantitative estimate of drug-likeness (QED) is 0.137. The first-order valence-corrected chi connectivity index (χ1v) is 47.8. The highest BCUT2D eigenvalue weighted by atomic mass is 15.3. The van der Waals surface area contributed by atoms with Gasteiger partial charge in [0, 0.05) is 35.9 Å². The summed E-state index contributed by atoms with van der Waals surface area (Å²) < 4.78 is 8.01. The number of aromatic nitrogens is 8. The summed E-state index contributed by atoms with van der Waals surface area (Å²) in [5.74, 6) is 0. The molecular formula is C130H96N8. The monoisotopic (exact) mass is 1770 g/mol. The average Bonchev–Trinajstić information content (AvgIpc) is 1.51. The van der Waals surface area contributed by atoms with Crippen LogP contribution in [0.25, 0.3) is 112 Å². The molecule has 0 aliphatic heterocycles. The topological polar surface area (TPSA) is 71.3 Å². The molecule has 0 fully saturated rings. The van der Waals surface area contributed by atoms with E-state index in [1.807, 2.05) is 58.7 Å². The number of nitrogens with zero attached hydrogens (tertiary/aromatic N) is 8. The fourth-order valence-corrected chi connectivity index (χ4v) is 25.0.